The van der Waals surface area contributed by atoms with Crippen LogP contribution in [0.4, 0.5) is 5.69 Å². The molecule has 0 aliphatic carbocycles. The average molecular weight is 457 g/mol. The SMILES string of the molecule is C=C(C)COc1c(Cl)cc(/C=C2\N=C(c3cccc([N+](=O)[O-])c3C)OC2=O)cc1OCC. The van der Waals surface area contributed by atoms with Crippen LogP contribution in [0.1, 0.15) is 30.5 Å². The molecule has 0 unspecified atom stereocenters. The standard InChI is InChI=1S/C23H21ClN2O6/c1-5-30-20-11-15(9-17(24)21(20)31-12-13(2)3)10-18-23(27)32-22(25-18)16-7-6-8-19(14(16)4)26(28)29/h6-11H,2,5,12H2,1,3-4H3/b18-10-. The van der Waals surface area contributed by atoms with Gasteiger partial charge in [0.15, 0.2) is 17.2 Å². The molecule has 166 valence electrons. The Morgan fingerprint density at radius 1 is 1.34 bits per heavy atom. The number of aliphatic imine (C=N–C) groups is 1. The van der Waals surface area contributed by atoms with Gasteiger partial charge in [0.25, 0.3) is 5.69 Å². The van der Waals surface area contributed by atoms with E-state index in [-0.39, 0.29) is 23.9 Å². The summed E-state index contributed by atoms with van der Waals surface area (Å²) in [5.74, 6) is 0.116. The molecule has 1 aliphatic rings. The second-order valence-electron chi connectivity index (χ2n) is 7.05. The van der Waals surface area contributed by atoms with Crippen molar-refractivity contribution in [2.45, 2.75) is 20.8 Å². The molecule has 8 nitrogen and oxygen atoms in total. The van der Waals surface area contributed by atoms with Gasteiger partial charge in [-0.2, -0.15) is 0 Å². The second kappa shape index (κ2) is 9.65. The third-order valence-electron chi connectivity index (χ3n) is 4.45. The molecule has 0 atom stereocenters. The molecule has 1 aliphatic heterocycles. The van der Waals surface area contributed by atoms with Gasteiger partial charge >= 0.3 is 5.97 Å². The van der Waals surface area contributed by atoms with Gasteiger partial charge in [0.1, 0.15) is 6.61 Å². The Morgan fingerprint density at radius 3 is 2.75 bits per heavy atom. The van der Waals surface area contributed by atoms with Crippen LogP contribution in [-0.2, 0) is 9.53 Å². The van der Waals surface area contributed by atoms with Gasteiger partial charge in [-0.1, -0.05) is 24.2 Å². The molecule has 2 aromatic rings. The summed E-state index contributed by atoms with van der Waals surface area (Å²) in [5, 5.41) is 11.5. The maximum absolute atomic E-state index is 12.4. The molecule has 0 fully saturated rings. The molecule has 1 heterocycles. The predicted molar refractivity (Wildman–Crippen MR) is 121 cm³/mol. The summed E-state index contributed by atoms with van der Waals surface area (Å²) < 4.78 is 16.6. The van der Waals surface area contributed by atoms with Crippen molar-refractivity contribution >= 4 is 35.2 Å². The van der Waals surface area contributed by atoms with Crippen LogP contribution in [0, 0.1) is 17.0 Å². The Morgan fingerprint density at radius 2 is 2.09 bits per heavy atom. The molecule has 2 aromatic carbocycles. The van der Waals surface area contributed by atoms with E-state index in [0.717, 1.165) is 5.57 Å². The highest BCUT2D eigenvalue weighted by Gasteiger charge is 2.27. The monoisotopic (exact) mass is 456 g/mol. The first-order valence-corrected chi connectivity index (χ1v) is 10.1. The van der Waals surface area contributed by atoms with E-state index < -0.39 is 10.9 Å². The van der Waals surface area contributed by atoms with E-state index >= 15 is 0 Å². The van der Waals surface area contributed by atoms with Crippen molar-refractivity contribution < 1.29 is 23.9 Å². The summed E-state index contributed by atoms with van der Waals surface area (Å²) in [6, 6.07) is 7.78. The molecule has 0 radical (unpaired) electrons. The van der Waals surface area contributed by atoms with Gasteiger partial charge in [0.05, 0.1) is 16.6 Å². The number of carbonyl (C=O) groups is 1. The van der Waals surface area contributed by atoms with Crippen LogP contribution >= 0.6 is 11.6 Å². The van der Waals surface area contributed by atoms with Gasteiger partial charge in [0.2, 0.25) is 5.90 Å². The van der Waals surface area contributed by atoms with Gasteiger partial charge in [-0.25, -0.2) is 9.79 Å². The van der Waals surface area contributed by atoms with Gasteiger partial charge in [-0.15, -0.1) is 0 Å². The summed E-state index contributed by atoms with van der Waals surface area (Å²) in [6.07, 6.45) is 1.50. The van der Waals surface area contributed by atoms with E-state index in [0.29, 0.717) is 39.8 Å². The molecule has 0 amide bonds. The molecular formula is C23H21ClN2O6. The maximum atomic E-state index is 12.4. The largest absolute Gasteiger partial charge is 0.490 e. The molecule has 0 N–H and O–H groups in total. The van der Waals surface area contributed by atoms with Crippen molar-refractivity contribution in [2.24, 2.45) is 4.99 Å². The lowest BCUT2D eigenvalue weighted by Gasteiger charge is -2.14. The lowest BCUT2D eigenvalue weighted by molar-refractivity contribution is -0.385. The van der Waals surface area contributed by atoms with E-state index in [1.54, 1.807) is 25.1 Å². The van der Waals surface area contributed by atoms with Gasteiger partial charge in [0, 0.05) is 17.2 Å². The van der Waals surface area contributed by atoms with Crippen LogP contribution in [0.15, 0.2) is 53.2 Å². The van der Waals surface area contributed by atoms with Crippen molar-refractivity contribution in [3.05, 3.63) is 80.0 Å². The van der Waals surface area contributed by atoms with Crippen molar-refractivity contribution in [1.82, 2.24) is 0 Å². The summed E-state index contributed by atoms with van der Waals surface area (Å²) in [4.78, 5) is 27.3. The minimum Gasteiger partial charge on any atom is -0.490 e. The molecule has 0 saturated heterocycles. The van der Waals surface area contributed by atoms with Crippen molar-refractivity contribution in [2.75, 3.05) is 13.2 Å². The van der Waals surface area contributed by atoms with E-state index in [4.69, 9.17) is 25.8 Å². The number of carbonyl (C=O) groups excluding carboxylic acids is 1. The van der Waals surface area contributed by atoms with Crippen LogP contribution in [0.25, 0.3) is 6.08 Å². The normalized spacial score (nSPS) is 14.2. The van der Waals surface area contributed by atoms with Crippen molar-refractivity contribution in [3.8, 4) is 11.5 Å². The number of halogens is 1. The zero-order valence-corrected chi connectivity index (χ0v) is 18.6. The molecule has 0 bridgehead atoms. The third-order valence-corrected chi connectivity index (χ3v) is 4.73. The molecule has 32 heavy (non-hydrogen) atoms. The first-order valence-electron chi connectivity index (χ1n) is 9.71. The lowest BCUT2D eigenvalue weighted by atomic mass is 10.1. The van der Waals surface area contributed by atoms with Gasteiger partial charge < -0.3 is 14.2 Å². The summed E-state index contributed by atoms with van der Waals surface area (Å²) in [5.41, 5.74) is 2.03. The van der Waals surface area contributed by atoms with Crippen LogP contribution < -0.4 is 9.47 Å². The maximum Gasteiger partial charge on any atom is 0.363 e. The zero-order chi connectivity index (χ0) is 23.4. The number of hydrogen-bond acceptors (Lipinski definition) is 7. The highest BCUT2D eigenvalue weighted by atomic mass is 35.5. The highest BCUT2D eigenvalue weighted by Crippen LogP contribution is 2.38. The van der Waals surface area contributed by atoms with Crippen LogP contribution in [0.5, 0.6) is 11.5 Å². The molecule has 0 saturated carbocycles. The zero-order valence-electron chi connectivity index (χ0n) is 17.8. The van der Waals surface area contributed by atoms with E-state index in [9.17, 15) is 14.9 Å². The Hall–Kier alpha value is -3.65. The Balaban J connectivity index is 1.98. The fourth-order valence-corrected chi connectivity index (χ4v) is 3.28. The second-order valence-corrected chi connectivity index (χ2v) is 7.46. The van der Waals surface area contributed by atoms with Gasteiger partial charge in [-0.3, -0.25) is 10.1 Å². The number of nitro groups is 1. The number of benzene rings is 2. The fraction of sp³-hybridized carbons (Fsp3) is 0.217. The van der Waals surface area contributed by atoms with Crippen LogP contribution in [-0.4, -0.2) is 30.0 Å². The first-order chi connectivity index (χ1) is 15.2. The predicted octanol–water partition coefficient (Wildman–Crippen LogP) is 5.25. The Labute approximate surface area is 189 Å². The van der Waals surface area contributed by atoms with Gasteiger partial charge in [-0.05, 0) is 56.2 Å². The minimum atomic E-state index is -0.678. The number of nitrogens with zero attached hydrogens (tertiary/aromatic N) is 2. The lowest BCUT2D eigenvalue weighted by Crippen LogP contribution is -2.08. The number of cyclic esters (lactones) is 1. The topological polar surface area (TPSA) is 100 Å². The first kappa shape index (κ1) is 23.0. The third kappa shape index (κ3) is 4.97. The van der Waals surface area contributed by atoms with E-state index in [1.165, 1.54) is 18.2 Å². The number of ether oxygens (including phenoxy) is 3. The number of esters is 1. The average Bonchev–Trinajstić information content (AvgIpc) is 3.07. The fourth-order valence-electron chi connectivity index (χ4n) is 3.00. The Kier molecular flexibility index (Phi) is 6.95. The minimum absolute atomic E-state index is 0.00000900. The molecule has 0 spiro atoms. The summed E-state index contributed by atoms with van der Waals surface area (Å²) in [6.45, 7) is 9.70. The number of hydrogen-bond donors (Lipinski definition) is 0. The van der Waals surface area contributed by atoms with Crippen LogP contribution in [0.2, 0.25) is 5.02 Å². The van der Waals surface area contributed by atoms with Crippen molar-refractivity contribution in [3.63, 3.8) is 0 Å². The highest BCUT2D eigenvalue weighted by molar-refractivity contribution is 6.32. The number of rotatable bonds is 8. The van der Waals surface area contributed by atoms with E-state index in [2.05, 4.69) is 11.6 Å². The quantitative estimate of drug-likeness (QED) is 0.177. The molecule has 9 heteroatoms. The molecule has 3 rings (SSSR count). The molecule has 0 aromatic heterocycles. The Bertz CT molecular complexity index is 1170. The smallest absolute Gasteiger partial charge is 0.363 e. The summed E-state index contributed by atoms with van der Waals surface area (Å²) >= 11 is 6.39. The van der Waals surface area contributed by atoms with E-state index in [1.807, 2.05) is 13.8 Å². The summed E-state index contributed by atoms with van der Waals surface area (Å²) in [7, 11) is 0. The van der Waals surface area contributed by atoms with Crippen LogP contribution in [0.3, 0.4) is 0 Å². The number of nitro benzene ring substituents is 1. The molecular weight excluding hydrogens is 436 g/mol. The van der Waals surface area contributed by atoms with Crippen molar-refractivity contribution in [1.29, 1.82) is 0 Å².